The van der Waals surface area contributed by atoms with E-state index >= 15 is 0 Å². The maximum Gasteiger partial charge on any atom is 0.270 e. The second kappa shape index (κ2) is 5.84. The molecule has 1 atom stereocenters. The minimum Gasteiger partial charge on any atom is -0.508 e. The van der Waals surface area contributed by atoms with Crippen LogP contribution in [0.4, 0.5) is 0 Å². The van der Waals surface area contributed by atoms with Crippen LogP contribution in [0.2, 0.25) is 0 Å². The molecule has 98 valence electrons. The summed E-state index contributed by atoms with van der Waals surface area (Å²) in [5.41, 5.74) is 1.18. The van der Waals surface area contributed by atoms with E-state index in [1.165, 1.54) is 0 Å². The van der Waals surface area contributed by atoms with Gasteiger partial charge >= 0.3 is 0 Å². The van der Waals surface area contributed by atoms with Crippen molar-refractivity contribution in [1.29, 1.82) is 0 Å². The second-order valence-corrected chi connectivity index (χ2v) is 4.95. The van der Waals surface area contributed by atoms with Gasteiger partial charge in [-0.2, -0.15) is 0 Å². The normalized spacial score (nSPS) is 11.9. The molecule has 0 bridgehead atoms. The number of phenolic OH excluding ortho intramolecular Hbond substituents is 1. The molecule has 1 amide bonds. The summed E-state index contributed by atoms with van der Waals surface area (Å²) in [6.07, 6.45) is 0. The molecule has 0 spiro atoms. The van der Waals surface area contributed by atoms with Crippen molar-refractivity contribution in [2.24, 2.45) is 0 Å². The van der Waals surface area contributed by atoms with Crippen LogP contribution in [0, 0.1) is 0 Å². The number of carbonyl (C=O) groups excluding carboxylic acids is 1. The van der Waals surface area contributed by atoms with Crippen molar-refractivity contribution in [2.75, 3.05) is 0 Å². The molecule has 1 aromatic carbocycles. The number of carbonyl (C=O) groups is 1. The highest BCUT2D eigenvalue weighted by Crippen LogP contribution is 2.18. The summed E-state index contributed by atoms with van der Waals surface area (Å²) in [6.45, 7) is 1.85. The Morgan fingerprint density at radius 3 is 2.74 bits per heavy atom. The van der Waals surface area contributed by atoms with Crippen LogP contribution in [0.15, 0.2) is 47.1 Å². The fourth-order valence-electron chi connectivity index (χ4n) is 1.68. The van der Waals surface area contributed by atoms with E-state index in [2.05, 4.69) is 26.2 Å². The first-order valence-corrected chi connectivity index (χ1v) is 6.58. The van der Waals surface area contributed by atoms with Gasteiger partial charge in [0.15, 0.2) is 0 Å². The second-order valence-electron chi connectivity index (χ2n) is 4.14. The Kier molecular flexibility index (Phi) is 4.16. The zero-order valence-corrected chi connectivity index (χ0v) is 11.9. The number of phenols is 1. The first-order chi connectivity index (χ1) is 9.06. The van der Waals surface area contributed by atoms with Crippen molar-refractivity contribution in [3.8, 4) is 5.75 Å². The number of pyridine rings is 1. The highest BCUT2D eigenvalue weighted by molar-refractivity contribution is 9.10. The Labute approximate surface area is 119 Å². The lowest BCUT2D eigenvalue weighted by molar-refractivity contribution is 0.0934. The predicted molar refractivity (Wildman–Crippen MR) is 75.9 cm³/mol. The number of amides is 1. The highest BCUT2D eigenvalue weighted by Gasteiger charge is 2.12. The van der Waals surface area contributed by atoms with Gasteiger partial charge < -0.3 is 10.4 Å². The molecule has 0 aliphatic carbocycles. The average molecular weight is 321 g/mol. The van der Waals surface area contributed by atoms with E-state index in [9.17, 15) is 9.90 Å². The lowest BCUT2D eigenvalue weighted by Gasteiger charge is -2.14. The van der Waals surface area contributed by atoms with Gasteiger partial charge in [0.25, 0.3) is 5.91 Å². The number of nitrogens with one attached hydrogen (secondary N) is 1. The summed E-state index contributed by atoms with van der Waals surface area (Å²) in [7, 11) is 0. The molecule has 2 aromatic rings. The number of hydrogen-bond acceptors (Lipinski definition) is 3. The summed E-state index contributed by atoms with van der Waals surface area (Å²) in [6, 6.07) is 11.8. The molecule has 1 heterocycles. The van der Waals surface area contributed by atoms with Gasteiger partial charge in [0, 0.05) is 0 Å². The van der Waals surface area contributed by atoms with E-state index < -0.39 is 0 Å². The van der Waals surface area contributed by atoms with Gasteiger partial charge in [0.1, 0.15) is 16.0 Å². The zero-order valence-electron chi connectivity index (χ0n) is 10.3. The van der Waals surface area contributed by atoms with Gasteiger partial charge in [-0.1, -0.05) is 18.2 Å². The Morgan fingerprint density at radius 1 is 1.32 bits per heavy atom. The molecule has 0 radical (unpaired) electrons. The molecule has 0 aliphatic rings. The first kappa shape index (κ1) is 13.5. The predicted octanol–water partition coefficient (Wildman–Crippen LogP) is 3.04. The summed E-state index contributed by atoms with van der Waals surface area (Å²) in [4.78, 5) is 16.1. The Morgan fingerprint density at radius 2 is 2.05 bits per heavy atom. The molecular formula is C14H13BrN2O2. The molecule has 2 N–H and O–H groups in total. The third kappa shape index (κ3) is 3.54. The Hall–Kier alpha value is -1.88. The van der Waals surface area contributed by atoms with E-state index in [-0.39, 0.29) is 17.7 Å². The van der Waals surface area contributed by atoms with Crippen LogP contribution in [-0.4, -0.2) is 16.0 Å². The molecule has 0 aliphatic heterocycles. The molecule has 0 fully saturated rings. The summed E-state index contributed by atoms with van der Waals surface area (Å²) in [5, 5.41) is 12.3. The van der Waals surface area contributed by atoms with Crippen LogP contribution in [0.5, 0.6) is 5.75 Å². The third-order valence-electron chi connectivity index (χ3n) is 2.67. The molecule has 4 nitrogen and oxygen atoms in total. The van der Waals surface area contributed by atoms with Crippen molar-refractivity contribution in [3.63, 3.8) is 0 Å². The maximum absolute atomic E-state index is 12.0. The van der Waals surface area contributed by atoms with Crippen LogP contribution in [-0.2, 0) is 0 Å². The van der Waals surface area contributed by atoms with Gasteiger partial charge in [-0.15, -0.1) is 0 Å². The van der Waals surface area contributed by atoms with E-state index in [0.29, 0.717) is 10.3 Å². The van der Waals surface area contributed by atoms with Crippen molar-refractivity contribution in [1.82, 2.24) is 10.3 Å². The number of benzene rings is 1. The lowest BCUT2D eigenvalue weighted by atomic mass is 10.1. The molecule has 1 unspecified atom stereocenters. The van der Waals surface area contributed by atoms with Crippen molar-refractivity contribution < 1.29 is 9.90 Å². The largest absolute Gasteiger partial charge is 0.508 e. The molecular weight excluding hydrogens is 308 g/mol. The fourth-order valence-corrected chi connectivity index (χ4v) is 2.03. The van der Waals surface area contributed by atoms with Crippen LogP contribution in [0.1, 0.15) is 29.0 Å². The molecule has 1 aromatic heterocycles. The van der Waals surface area contributed by atoms with Crippen LogP contribution in [0.3, 0.4) is 0 Å². The van der Waals surface area contributed by atoms with Gasteiger partial charge in [0.2, 0.25) is 0 Å². The zero-order chi connectivity index (χ0) is 13.8. The quantitative estimate of drug-likeness (QED) is 0.854. The lowest BCUT2D eigenvalue weighted by Crippen LogP contribution is -2.27. The molecule has 2 rings (SSSR count). The van der Waals surface area contributed by atoms with Gasteiger partial charge in [-0.3, -0.25) is 4.79 Å². The summed E-state index contributed by atoms with van der Waals surface area (Å²) in [5.74, 6) is -0.0728. The number of aromatic nitrogens is 1. The van der Waals surface area contributed by atoms with E-state index in [4.69, 9.17) is 0 Å². The van der Waals surface area contributed by atoms with Gasteiger partial charge in [0.05, 0.1) is 6.04 Å². The van der Waals surface area contributed by atoms with Crippen molar-refractivity contribution in [3.05, 3.63) is 58.3 Å². The Balaban J connectivity index is 2.11. The van der Waals surface area contributed by atoms with Crippen molar-refractivity contribution >= 4 is 21.8 Å². The van der Waals surface area contributed by atoms with Crippen molar-refractivity contribution in [2.45, 2.75) is 13.0 Å². The SMILES string of the molecule is CC(NC(=O)c1cccc(Br)n1)c1cccc(O)c1. The molecule has 0 saturated heterocycles. The van der Waals surface area contributed by atoms with Crippen LogP contribution >= 0.6 is 15.9 Å². The number of halogens is 1. The average Bonchev–Trinajstić information content (AvgIpc) is 2.38. The number of rotatable bonds is 3. The molecule has 5 heteroatoms. The smallest absolute Gasteiger partial charge is 0.270 e. The van der Waals surface area contributed by atoms with E-state index in [0.717, 1.165) is 5.56 Å². The first-order valence-electron chi connectivity index (χ1n) is 5.78. The maximum atomic E-state index is 12.0. The summed E-state index contributed by atoms with van der Waals surface area (Å²) >= 11 is 3.23. The topological polar surface area (TPSA) is 62.2 Å². The van der Waals surface area contributed by atoms with Gasteiger partial charge in [-0.05, 0) is 52.7 Å². The van der Waals surface area contributed by atoms with Crippen LogP contribution < -0.4 is 5.32 Å². The minimum absolute atomic E-state index is 0.180. The monoisotopic (exact) mass is 320 g/mol. The van der Waals surface area contributed by atoms with E-state index in [1.54, 1.807) is 36.4 Å². The summed E-state index contributed by atoms with van der Waals surface area (Å²) < 4.78 is 0.616. The third-order valence-corrected chi connectivity index (χ3v) is 3.11. The minimum atomic E-state index is -0.253. The van der Waals surface area contributed by atoms with Gasteiger partial charge in [-0.25, -0.2) is 4.98 Å². The molecule has 0 saturated carbocycles. The fraction of sp³-hybridized carbons (Fsp3) is 0.143. The highest BCUT2D eigenvalue weighted by atomic mass is 79.9. The van der Waals surface area contributed by atoms with Crippen LogP contribution in [0.25, 0.3) is 0 Å². The Bertz CT molecular complexity index is 602. The number of nitrogens with zero attached hydrogens (tertiary/aromatic N) is 1. The van der Waals surface area contributed by atoms with E-state index in [1.807, 2.05) is 13.0 Å². The molecule has 19 heavy (non-hydrogen) atoms. The number of aromatic hydroxyl groups is 1. The number of hydrogen-bond donors (Lipinski definition) is 2. The standard InChI is InChI=1S/C14H13BrN2O2/c1-9(10-4-2-5-11(18)8-10)16-14(19)12-6-3-7-13(15)17-12/h2-9,18H,1H3,(H,16,19).